The number of halogens is 3. The van der Waals surface area contributed by atoms with Crippen LogP contribution in [0.25, 0.3) is 0 Å². The van der Waals surface area contributed by atoms with E-state index in [1.54, 1.807) is 24.0 Å². The highest BCUT2D eigenvalue weighted by Gasteiger charge is 2.29. The Morgan fingerprint density at radius 2 is 2.20 bits per heavy atom. The molecule has 0 radical (unpaired) electrons. The molecule has 0 aliphatic carbocycles. The molecule has 1 heterocycles. The van der Waals surface area contributed by atoms with E-state index < -0.39 is 18.6 Å². The van der Waals surface area contributed by atoms with Gasteiger partial charge in [-0.15, -0.1) is 0 Å². The minimum absolute atomic E-state index is 0.397. The van der Waals surface area contributed by atoms with Crippen LogP contribution in [0.3, 0.4) is 0 Å². The molecule has 15 heavy (non-hydrogen) atoms. The molecular weight excluding hydrogens is 207 g/mol. The SMILES string of the molecule is CC(CC(F)(F)F)NCc1ccnn1C. The molecule has 1 atom stereocenters. The van der Waals surface area contributed by atoms with Crippen molar-refractivity contribution < 1.29 is 13.2 Å². The first kappa shape index (κ1) is 12.0. The summed E-state index contributed by atoms with van der Waals surface area (Å²) >= 11 is 0. The van der Waals surface area contributed by atoms with Crippen LogP contribution in [-0.2, 0) is 13.6 Å². The van der Waals surface area contributed by atoms with Crippen molar-refractivity contribution in [1.82, 2.24) is 15.1 Å². The van der Waals surface area contributed by atoms with Gasteiger partial charge in [0.1, 0.15) is 0 Å². The van der Waals surface area contributed by atoms with Gasteiger partial charge in [0.25, 0.3) is 0 Å². The highest BCUT2D eigenvalue weighted by atomic mass is 19.4. The maximum absolute atomic E-state index is 12.0. The van der Waals surface area contributed by atoms with Gasteiger partial charge in [-0.3, -0.25) is 4.68 Å². The fourth-order valence-corrected chi connectivity index (χ4v) is 1.27. The van der Waals surface area contributed by atoms with Gasteiger partial charge in [-0.05, 0) is 13.0 Å². The van der Waals surface area contributed by atoms with Crippen molar-refractivity contribution >= 4 is 0 Å². The monoisotopic (exact) mass is 221 g/mol. The van der Waals surface area contributed by atoms with Crippen molar-refractivity contribution in [3.63, 3.8) is 0 Å². The third-order valence-electron chi connectivity index (χ3n) is 2.09. The van der Waals surface area contributed by atoms with Crippen molar-refractivity contribution in [3.8, 4) is 0 Å². The molecule has 0 saturated carbocycles. The Morgan fingerprint density at radius 3 is 2.67 bits per heavy atom. The van der Waals surface area contributed by atoms with Gasteiger partial charge in [0, 0.05) is 25.8 Å². The topological polar surface area (TPSA) is 29.9 Å². The lowest BCUT2D eigenvalue weighted by molar-refractivity contribution is -0.139. The van der Waals surface area contributed by atoms with Crippen molar-refractivity contribution in [2.45, 2.75) is 32.1 Å². The first-order chi connectivity index (χ1) is 6.88. The van der Waals surface area contributed by atoms with Crippen LogP contribution in [0.5, 0.6) is 0 Å². The number of hydrogen-bond donors (Lipinski definition) is 1. The molecule has 0 bridgehead atoms. The molecule has 1 N–H and O–H groups in total. The van der Waals surface area contributed by atoms with Crippen LogP contribution in [0.15, 0.2) is 12.3 Å². The van der Waals surface area contributed by atoms with Gasteiger partial charge in [0.05, 0.1) is 12.1 Å². The third kappa shape index (κ3) is 4.33. The molecule has 0 amide bonds. The third-order valence-corrected chi connectivity index (χ3v) is 2.09. The highest BCUT2D eigenvalue weighted by Crippen LogP contribution is 2.21. The van der Waals surface area contributed by atoms with Crippen LogP contribution in [0.2, 0.25) is 0 Å². The molecule has 0 spiro atoms. The summed E-state index contributed by atoms with van der Waals surface area (Å²) in [5, 5.41) is 6.73. The second-order valence-corrected chi connectivity index (χ2v) is 3.55. The summed E-state index contributed by atoms with van der Waals surface area (Å²) in [7, 11) is 1.76. The fraction of sp³-hybridized carbons (Fsp3) is 0.667. The molecule has 0 aliphatic rings. The first-order valence-corrected chi connectivity index (χ1v) is 4.65. The molecule has 1 rings (SSSR count). The van der Waals surface area contributed by atoms with E-state index in [2.05, 4.69) is 10.4 Å². The molecule has 86 valence electrons. The van der Waals surface area contributed by atoms with Crippen molar-refractivity contribution in [3.05, 3.63) is 18.0 Å². The Hall–Kier alpha value is -1.04. The molecule has 0 fully saturated rings. The van der Waals surface area contributed by atoms with E-state index in [0.717, 1.165) is 5.69 Å². The second-order valence-electron chi connectivity index (χ2n) is 3.55. The van der Waals surface area contributed by atoms with Gasteiger partial charge in [-0.1, -0.05) is 0 Å². The normalized spacial score (nSPS) is 14.2. The quantitative estimate of drug-likeness (QED) is 0.840. The first-order valence-electron chi connectivity index (χ1n) is 4.65. The van der Waals surface area contributed by atoms with Gasteiger partial charge in [-0.25, -0.2) is 0 Å². The summed E-state index contributed by atoms with van der Waals surface area (Å²) in [5.41, 5.74) is 0.865. The van der Waals surface area contributed by atoms with Gasteiger partial charge in [0.2, 0.25) is 0 Å². The Bertz CT molecular complexity index is 306. The van der Waals surface area contributed by atoms with Crippen molar-refractivity contribution in [1.29, 1.82) is 0 Å². The number of nitrogens with one attached hydrogen (secondary N) is 1. The van der Waals surface area contributed by atoms with Crippen LogP contribution in [-0.4, -0.2) is 22.0 Å². The minimum atomic E-state index is -4.11. The summed E-state index contributed by atoms with van der Waals surface area (Å²) in [6, 6.07) is 1.19. The summed E-state index contributed by atoms with van der Waals surface area (Å²) < 4.78 is 37.6. The van der Waals surface area contributed by atoms with Gasteiger partial charge in [0.15, 0.2) is 0 Å². The lowest BCUT2D eigenvalue weighted by atomic mass is 10.2. The van der Waals surface area contributed by atoms with Crippen molar-refractivity contribution in [2.24, 2.45) is 7.05 Å². The fourth-order valence-electron chi connectivity index (χ4n) is 1.27. The smallest absolute Gasteiger partial charge is 0.308 e. The van der Waals surface area contributed by atoms with Gasteiger partial charge in [-0.2, -0.15) is 18.3 Å². The number of rotatable bonds is 4. The minimum Gasteiger partial charge on any atom is -0.308 e. The zero-order valence-corrected chi connectivity index (χ0v) is 8.67. The van der Waals surface area contributed by atoms with E-state index in [-0.39, 0.29) is 0 Å². The molecule has 1 aromatic rings. The average Bonchev–Trinajstić information content (AvgIpc) is 2.44. The predicted molar refractivity (Wildman–Crippen MR) is 50.2 cm³/mol. The second kappa shape index (κ2) is 4.65. The Balaban J connectivity index is 2.35. The average molecular weight is 221 g/mol. The lowest BCUT2D eigenvalue weighted by Crippen LogP contribution is -2.31. The van der Waals surface area contributed by atoms with Crippen LogP contribution in [0, 0.1) is 0 Å². The number of hydrogen-bond acceptors (Lipinski definition) is 2. The zero-order valence-electron chi connectivity index (χ0n) is 8.67. The molecular formula is C9H14F3N3. The highest BCUT2D eigenvalue weighted by molar-refractivity contribution is 4.99. The maximum Gasteiger partial charge on any atom is 0.390 e. The molecule has 0 aliphatic heterocycles. The van der Waals surface area contributed by atoms with Gasteiger partial charge < -0.3 is 5.32 Å². The number of nitrogens with zero attached hydrogens (tertiary/aromatic N) is 2. The van der Waals surface area contributed by atoms with E-state index >= 15 is 0 Å². The molecule has 1 unspecified atom stereocenters. The van der Waals surface area contributed by atoms with E-state index in [9.17, 15) is 13.2 Å². The van der Waals surface area contributed by atoms with Crippen LogP contribution >= 0.6 is 0 Å². The largest absolute Gasteiger partial charge is 0.390 e. The summed E-state index contributed by atoms with van der Waals surface area (Å²) in [6.45, 7) is 1.91. The summed E-state index contributed by atoms with van der Waals surface area (Å²) in [4.78, 5) is 0. The Morgan fingerprint density at radius 1 is 1.53 bits per heavy atom. The summed E-state index contributed by atoms with van der Waals surface area (Å²) in [6.07, 6.45) is -3.31. The van der Waals surface area contributed by atoms with Crippen LogP contribution < -0.4 is 5.32 Å². The van der Waals surface area contributed by atoms with Gasteiger partial charge >= 0.3 is 6.18 Å². The molecule has 3 nitrogen and oxygen atoms in total. The molecule has 6 heteroatoms. The van der Waals surface area contributed by atoms with Crippen molar-refractivity contribution in [2.75, 3.05) is 0 Å². The molecule has 0 aromatic carbocycles. The Labute approximate surface area is 86.3 Å². The Kier molecular flexibility index (Phi) is 3.73. The summed E-state index contributed by atoms with van der Waals surface area (Å²) in [5.74, 6) is 0. The van der Waals surface area contributed by atoms with E-state index in [1.165, 1.54) is 6.92 Å². The molecule has 0 saturated heterocycles. The number of alkyl halides is 3. The van der Waals surface area contributed by atoms with Crippen LogP contribution in [0.4, 0.5) is 13.2 Å². The maximum atomic E-state index is 12.0. The molecule has 1 aromatic heterocycles. The lowest BCUT2D eigenvalue weighted by Gasteiger charge is -2.15. The predicted octanol–water partition coefficient (Wildman–Crippen LogP) is 1.85. The number of aryl methyl sites for hydroxylation is 1. The van der Waals surface area contributed by atoms with E-state index in [0.29, 0.717) is 6.54 Å². The van der Waals surface area contributed by atoms with Crippen LogP contribution in [0.1, 0.15) is 19.0 Å². The number of aromatic nitrogens is 2. The van der Waals surface area contributed by atoms with E-state index in [4.69, 9.17) is 0 Å². The van der Waals surface area contributed by atoms with E-state index in [1.807, 2.05) is 0 Å². The zero-order chi connectivity index (χ0) is 11.5. The standard InChI is InChI=1S/C9H14F3N3/c1-7(5-9(10,11)12)13-6-8-3-4-14-15(8)2/h3-4,7,13H,5-6H2,1-2H3.